The van der Waals surface area contributed by atoms with Gasteiger partial charge in [0, 0.05) is 26.1 Å². The average molecular weight is 308 g/mol. The zero-order valence-corrected chi connectivity index (χ0v) is 12.2. The van der Waals surface area contributed by atoms with E-state index in [1.165, 1.54) is 0 Å². The summed E-state index contributed by atoms with van der Waals surface area (Å²) in [6.07, 6.45) is 4.73. The van der Waals surface area contributed by atoms with Crippen molar-refractivity contribution in [1.29, 1.82) is 0 Å². The molecule has 0 unspecified atom stereocenters. The van der Waals surface area contributed by atoms with Gasteiger partial charge in [-0.15, -0.1) is 0 Å². The number of nitrogens with one attached hydrogen (secondary N) is 1. The first-order chi connectivity index (χ1) is 10.6. The minimum atomic E-state index is -1.00. The van der Waals surface area contributed by atoms with E-state index in [1.54, 1.807) is 17.1 Å². The molecule has 7 nitrogen and oxygen atoms in total. The topological polar surface area (TPSA) is 95.9 Å². The predicted octanol–water partition coefficient (Wildman–Crippen LogP) is -0.231. The third-order valence-electron chi connectivity index (χ3n) is 4.56. The lowest BCUT2D eigenvalue weighted by Crippen LogP contribution is -2.43. The summed E-state index contributed by atoms with van der Waals surface area (Å²) in [4.78, 5) is 36.8. The van der Waals surface area contributed by atoms with Crippen LogP contribution in [0.25, 0.3) is 0 Å². The smallest absolute Gasteiger partial charge is 0.310 e. The highest BCUT2D eigenvalue weighted by Gasteiger charge is 2.53. The molecule has 0 aromatic heterocycles. The second kappa shape index (κ2) is 6.08. The molecule has 2 fully saturated rings. The maximum Gasteiger partial charge on any atom is 0.310 e. The van der Waals surface area contributed by atoms with Crippen LogP contribution in [0.5, 0.6) is 0 Å². The fourth-order valence-corrected chi connectivity index (χ4v) is 3.45. The van der Waals surface area contributed by atoms with Crippen LogP contribution in [0, 0.1) is 11.8 Å². The molecule has 22 heavy (non-hydrogen) atoms. The van der Waals surface area contributed by atoms with Crippen molar-refractivity contribution in [2.24, 2.45) is 11.8 Å². The van der Waals surface area contributed by atoms with Gasteiger partial charge in [-0.2, -0.15) is 0 Å². The molecule has 2 amide bonds. The summed E-state index contributed by atoms with van der Waals surface area (Å²) in [6, 6.07) is 0. The molecule has 3 aliphatic rings. The molecule has 0 aliphatic carbocycles. The molecule has 7 heteroatoms. The van der Waals surface area contributed by atoms with E-state index in [0.29, 0.717) is 25.9 Å². The summed E-state index contributed by atoms with van der Waals surface area (Å²) in [5.41, 5.74) is 0. The Balaban J connectivity index is 1.46. The Morgan fingerprint density at radius 1 is 1.32 bits per heavy atom. The third kappa shape index (κ3) is 2.72. The van der Waals surface area contributed by atoms with Gasteiger partial charge in [0.2, 0.25) is 11.8 Å². The molecule has 120 valence electrons. The van der Waals surface area contributed by atoms with Crippen LogP contribution in [0.15, 0.2) is 12.2 Å². The number of carboxylic acid groups (broad SMARTS) is 1. The Kier molecular flexibility index (Phi) is 4.15. The molecule has 3 heterocycles. The van der Waals surface area contributed by atoms with Crippen LogP contribution in [0.4, 0.5) is 0 Å². The van der Waals surface area contributed by atoms with Gasteiger partial charge in [-0.3, -0.25) is 14.4 Å². The Morgan fingerprint density at radius 3 is 2.68 bits per heavy atom. The molecular formula is C15H20N2O5. The quantitative estimate of drug-likeness (QED) is 0.522. The van der Waals surface area contributed by atoms with Crippen molar-refractivity contribution in [2.45, 2.75) is 31.5 Å². The molecule has 0 aromatic carbocycles. The Hall–Kier alpha value is -1.89. The minimum Gasteiger partial charge on any atom is -0.481 e. The van der Waals surface area contributed by atoms with Crippen LogP contribution in [0.2, 0.25) is 0 Å². The Labute approximate surface area is 128 Å². The van der Waals surface area contributed by atoms with E-state index in [9.17, 15) is 19.5 Å². The average Bonchev–Trinajstić information content (AvgIpc) is 3.18. The fraction of sp³-hybridized carbons (Fsp3) is 0.667. The standard InChI is InChI=1S/C15H20N2O5/c18-11-3-1-7-17(11)8-2-6-16-14(19)12-9-4-5-10(22-9)13(12)15(20)21/h4-5,9-10,12-13H,1-3,6-8H2,(H,16,19)(H,20,21)/t9-,10+,12-,13+/m1/s1. The minimum absolute atomic E-state index is 0.170. The first-order valence-electron chi connectivity index (χ1n) is 7.70. The fourth-order valence-electron chi connectivity index (χ4n) is 3.45. The monoisotopic (exact) mass is 308 g/mol. The van der Waals surface area contributed by atoms with E-state index in [-0.39, 0.29) is 11.8 Å². The van der Waals surface area contributed by atoms with Crippen molar-refractivity contribution in [2.75, 3.05) is 19.6 Å². The van der Waals surface area contributed by atoms with Gasteiger partial charge in [-0.05, 0) is 12.8 Å². The van der Waals surface area contributed by atoms with E-state index >= 15 is 0 Å². The highest BCUT2D eigenvalue weighted by molar-refractivity contribution is 5.87. The van der Waals surface area contributed by atoms with Crippen LogP contribution in [-0.4, -0.2) is 59.6 Å². The number of hydrogen-bond acceptors (Lipinski definition) is 4. The molecule has 4 atom stereocenters. The summed E-state index contributed by atoms with van der Waals surface area (Å²) in [6.45, 7) is 1.86. The largest absolute Gasteiger partial charge is 0.481 e. The van der Waals surface area contributed by atoms with E-state index in [4.69, 9.17) is 4.74 Å². The lowest BCUT2D eigenvalue weighted by atomic mass is 9.82. The van der Waals surface area contributed by atoms with Gasteiger partial charge in [-0.25, -0.2) is 0 Å². The van der Waals surface area contributed by atoms with Gasteiger partial charge in [-0.1, -0.05) is 12.2 Å². The summed E-state index contributed by atoms with van der Waals surface area (Å²) < 4.78 is 5.48. The van der Waals surface area contributed by atoms with Crippen LogP contribution in [0.3, 0.4) is 0 Å². The van der Waals surface area contributed by atoms with Gasteiger partial charge in [0.25, 0.3) is 0 Å². The van der Waals surface area contributed by atoms with Crippen molar-refractivity contribution in [1.82, 2.24) is 10.2 Å². The number of amides is 2. The number of nitrogens with zero attached hydrogens (tertiary/aromatic N) is 1. The van der Waals surface area contributed by atoms with E-state index < -0.39 is 30.0 Å². The number of hydrogen-bond donors (Lipinski definition) is 2. The van der Waals surface area contributed by atoms with Crippen molar-refractivity contribution >= 4 is 17.8 Å². The van der Waals surface area contributed by atoms with Crippen molar-refractivity contribution in [3.8, 4) is 0 Å². The van der Waals surface area contributed by atoms with Gasteiger partial charge in [0.05, 0.1) is 18.1 Å². The Bertz CT molecular complexity index is 518. The molecule has 0 saturated carbocycles. The van der Waals surface area contributed by atoms with Crippen molar-refractivity contribution in [3.63, 3.8) is 0 Å². The van der Waals surface area contributed by atoms with Gasteiger partial charge < -0.3 is 20.1 Å². The number of carbonyl (C=O) groups excluding carboxylic acids is 2. The molecule has 2 bridgehead atoms. The number of likely N-dealkylation sites (tertiary alicyclic amines) is 1. The van der Waals surface area contributed by atoms with Crippen LogP contribution in [-0.2, 0) is 19.1 Å². The van der Waals surface area contributed by atoms with Crippen LogP contribution in [0.1, 0.15) is 19.3 Å². The molecule has 2 N–H and O–H groups in total. The summed E-state index contributed by atoms with van der Waals surface area (Å²) >= 11 is 0. The second-order valence-corrected chi connectivity index (χ2v) is 5.97. The van der Waals surface area contributed by atoms with Crippen LogP contribution >= 0.6 is 0 Å². The maximum absolute atomic E-state index is 12.2. The number of carboxylic acids is 1. The van der Waals surface area contributed by atoms with Gasteiger partial charge >= 0.3 is 5.97 Å². The summed E-state index contributed by atoms with van der Waals surface area (Å²) in [7, 11) is 0. The molecule has 2 saturated heterocycles. The highest BCUT2D eigenvalue weighted by atomic mass is 16.5. The zero-order chi connectivity index (χ0) is 15.7. The molecule has 0 aromatic rings. The Morgan fingerprint density at radius 2 is 2.05 bits per heavy atom. The third-order valence-corrected chi connectivity index (χ3v) is 4.56. The number of ether oxygens (including phenoxy) is 1. The molecule has 3 rings (SSSR count). The lowest BCUT2D eigenvalue weighted by molar-refractivity contribution is -0.146. The SMILES string of the molecule is O=C(O)[C@@H]1[C@H](C(=O)NCCCN2CCCC2=O)[C@H]2C=C[C@@H]1O2. The predicted molar refractivity (Wildman–Crippen MR) is 75.9 cm³/mol. The second-order valence-electron chi connectivity index (χ2n) is 5.97. The van der Waals surface area contributed by atoms with E-state index in [0.717, 1.165) is 13.0 Å². The van der Waals surface area contributed by atoms with Crippen molar-refractivity contribution < 1.29 is 24.2 Å². The molecule has 0 radical (unpaired) electrons. The number of fused-ring (bicyclic) bond motifs is 2. The van der Waals surface area contributed by atoms with Gasteiger partial charge in [0.15, 0.2) is 0 Å². The number of aliphatic carboxylic acids is 1. The molecular weight excluding hydrogens is 288 g/mol. The van der Waals surface area contributed by atoms with E-state index in [2.05, 4.69) is 5.32 Å². The molecule has 0 spiro atoms. The van der Waals surface area contributed by atoms with Gasteiger partial charge in [0.1, 0.15) is 5.92 Å². The molecule has 3 aliphatic heterocycles. The summed E-state index contributed by atoms with van der Waals surface area (Å²) in [5.74, 6) is -2.59. The zero-order valence-electron chi connectivity index (χ0n) is 12.2. The number of carbonyl (C=O) groups is 3. The van der Waals surface area contributed by atoms with E-state index in [1.807, 2.05) is 0 Å². The highest BCUT2D eigenvalue weighted by Crippen LogP contribution is 2.39. The first kappa shape index (κ1) is 15.0. The van der Waals surface area contributed by atoms with Crippen molar-refractivity contribution in [3.05, 3.63) is 12.2 Å². The normalized spacial score (nSPS) is 32.7. The lowest BCUT2D eigenvalue weighted by Gasteiger charge is -2.21. The maximum atomic E-state index is 12.2. The van der Waals surface area contributed by atoms with Crippen LogP contribution < -0.4 is 5.32 Å². The number of rotatable bonds is 6. The first-order valence-corrected chi connectivity index (χ1v) is 7.70. The summed E-state index contributed by atoms with van der Waals surface area (Å²) in [5, 5.41) is 12.0.